The molecule has 0 spiro atoms. The van der Waals surface area contributed by atoms with Gasteiger partial charge in [-0.3, -0.25) is 0 Å². The van der Waals surface area contributed by atoms with Crippen molar-refractivity contribution >= 4 is 5.82 Å². The van der Waals surface area contributed by atoms with E-state index >= 15 is 0 Å². The van der Waals surface area contributed by atoms with Crippen LogP contribution in [-0.4, -0.2) is 48.3 Å². The maximum Gasteiger partial charge on any atom is 0.151 e. The van der Waals surface area contributed by atoms with Gasteiger partial charge in [0.2, 0.25) is 0 Å². The number of nitrogens with zero attached hydrogens (tertiary/aromatic N) is 4. The van der Waals surface area contributed by atoms with Crippen LogP contribution < -0.4 is 10.6 Å². The van der Waals surface area contributed by atoms with Crippen molar-refractivity contribution in [2.75, 3.05) is 32.6 Å². The Morgan fingerprint density at radius 2 is 1.94 bits per heavy atom. The molecule has 1 fully saturated rings. The van der Waals surface area contributed by atoms with E-state index in [1.165, 1.54) is 19.3 Å². The van der Waals surface area contributed by atoms with E-state index in [0.717, 1.165) is 18.1 Å². The van der Waals surface area contributed by atoms with Gasteiger partial charge in [0.05, 0.1) is 5.69 Å². The van der Waals surface area contributed by atoms with Crippen LogP contribution in [0.15, 0.2) is 12.1 Å². The van der Waals surface area contributed by atoms with Crippen LogP contribution in [0.4, 0.5) is 5.82 Å². The van der Waals surface area contributed by atoms with E-state index in [9.17, 15) is 0 Å². The van der Waals surface area contributed by atoms with Gasteiger partial charge < -0.3 is 15.5 Å². The molecule has 0 amide bonds. The van der Waals surface area contributed by atoms with E-state index in [0.29, 0.717) is 12.1 Å². The molecule has 0 aromatic carbocycles. The van der Waals surface area contributed by atoms with Crippen molar-refractivity contribution in [1.29, 1.82) is 0 Å². The normalized spacial score (nSPS) is 17.6. The molecule has 1 saturated carbocycles. The Morgan fingerprint density at radius 1 is 1.22 bits per heavy atom. The van der Waals surface area contributed by atoms with Gasteiger partial charge in [0.25, 0.3) is 0 Å². The van der Waals surface area contributed by atoms with Gasteiger partial charge in [-0.05, 0) is 45.5 Å². The van der Waals surface area contributed by atoms with Crippen molar-refractivity contribution in [3.05, 3.63) is 17.8 Å². The highest BCUT2D eigenvalue weighted by Crippen LogP contribution is 2.37. The van der Waals surface area contributed by atoms with Crippen molar-refractivity contribution in [2.45, 2.75) is 31.3 Å². The summed E-state index contributed by atoms with van der Waals surface area (Å²) in [7, 11) is 6.40. The number of hydrogen-bond donors (Lipinski definition) is 1. The number of nitrogens with two attached hydrogens (primary N) is 1. The van der Waals surface area contributed by atoms with Crippen molar-refractivity contribution in [2.24, 2.45) is 5.73 Å². The highest BCUT2D eigenvalue weighted by Gasteiger charge is 2.40. The van der Waals surface area contributed by atoms with Gasteiger partial charge in [0, 0.05) is 25.7 Å². The Kier molecular flexibility index (Phi) is 3.82. The van der Waals surface area contributed by atoms with Crippen molar-refractivity contribution in [3.63, 3.8) is 0 Å². The minimum Gasteiger partial charge on any atom is -0.356 e. The minimum absolute atomic E-state index is 0.309. The first-order chi connectivity index (χ1) is 8.57. The zero-order chi connectivity index (χ0) is 13.2. The maximum absolute atomic E-state index is 5.53. The second-order valence-electron chi connectivity index (χ2n) is 5.42. The van der Waals surface area contributed by atoms with E-state index in [2.05, 4.69) is 41.1 Å². The fraction of sp³-hybridized carbons (Fsp3) is 0.692. The molecule has 0 aliphatic heterocycles. The van der Waals surface area contributed by atoms with Crippen molar-refractivity contribution < 1.29 is 0 Å². The quantitative estimate of drug-likeness (QED) is 0.838. The van der Waals surface area contributed by atoms with Crippen LogP contribution in [0, 0.1) is 0 Å². The summed E-state index contributed by atoms with van der Waals surface area (Å²) in [5.74, 6) is 0.917. The topological polar surface area (TPSA) is 58.3 Å². The number of anilines is 1. The average molecular weight is 249 g/mol. The standard InChI is InChI=1S/C13H23N5/c1-17(2)13(7-4-8-13)10-18(3)12-6-5-11(9-14)15-16-12/h5-6H,4,7-10,14H2,1-3H3. The molecule has 2 rings (SSSR count). The number of likely N-dealkylation sites (N-methyl/N-ethyl adjacent to an activating group) is 2. The molecule has 100 valence electrons. The summed E-state index contributed by atoms with van der Waals surface area (Å²) in [5.41, 5.74) is 6.67. The van der Waals surface area contributed by atoms with Crippen molar-refractivity contribution in [3.8, 4) is 0 Å². The molecule has 0 unspecified atom stereocenters. The first kappa shape index (κ1) is 13.2. The molecule has 0 radical (unpaired) electrons. The predicted octanol–water partition coefficient (Wildman–Crippen LogP) is 0.856. The Balaban J connectivity index is 2.04. The summed E-state index contributed by atoms with van der Waals surface area (Å²) in [6.07, 6.45) is 3.85. The van der Waals surface area contributed by atoms with Gasteiger partial charge in [-0.15, -0.1) is 5.10 Å². The lowest BCUT2D eigenvalue weighted by Gasteiger charge is -2.49. The van der Waals surface area contributed by atoms with Crippen LogP contribution in [0.25, 0.3) is 0 Å². The molecular weight excluding hydrogens is 226 g/mol. The maximum atomic E-state index is 5.53. The van der Waals surface area contributed by atoms with E-state index < -0.39 is 0 Å². The Morgan fingerprint density at radius 3 is 2.33 bits per heavy atom. The minimum atomic E-state index is 0.309. The Labute approximate surface area is 109 Å². The van der Waals surface area contributed by atoms with Gasteiger partial charge in [0.1, 0.15) is 0 Å². The second-order valence-corrected chi connectivity index (χ2v) is 5.42. The van der Waals surface area contributed by atoms with Crippen LogP contribution in [0.2, 0.25) is 0 Å². The first-order valence-electron chi connectivity index (χ1n) is 6.49. The zero-order valence-corrected chi connectivity index (χ0v) is 11.6. The van der Waals surface area contributed by atoms with Crippen molar-refractivity contribution in [1.82, 2.24) is 15.1 Å². The van der Waals surface area contributed by atoms with Gasteiger partial charge in [-0.2, -0.15) is 5.10 Å². The molecule has 18 heavy (non-hydrogen) atoms. The average Bonchev–Trinajstić information content (AvgIpc) is 2.33. The molecule has 5 heteroatoms. The molecular formula is C13H23N5. The SMILES string of the molecule is CN(CC1(N(C)C)CCC1)c1ccc(CN)nn1. The summed E-state index contributed by atoms with van der Waals surface area (Å²) in [6.45, 7) is 1.44. The highest BCUT2D eigenvalue weighted by atomic mass is 15.3. The number of rotatable bonds is 5. The van der Waals surface area contributed by atoms with Crippen LogP contribution in [0.1, 0.15) is 25.0 Å². The Hall–Kier alpha value is -1.20. The van der Waals surface area contributed by atoms with Crippen LogP contribution in [0.3, 0.4) is 0 Å². The van der Waals surface area contributed by atoms with Crippen LogP contribution >= 0.6 is 0 Å². The third-order valence-corrected chi connectivity index (χ3v) is 4.07. The monoisotopic (exact) mass is 249 g/mol. The fourth-order valence-corrected chi connectivity index (χ4v) is 2.52. The Bertz CT molecular complexity index is 383. The van der Waals surface area contributed by atoms with E-state index in [-0.39, 0.29) is 0 Å². The molecule has 1 aromatic rings. The third-order valence-electron chi connectivity index (χ3n) is 4.07. The number of aromatic nitrogens is 2. The van der Waals surface area contributed by atoms with E-state index in [1.54, 1.807) is 0 Å². The molecule has 1 aliphatic carbocycles. The zero-order valence-electron chi connectivity index (χ0n) is 11.6. The highest BCUT2D eigenvalue weighted by molar-refractivity contribution is 5.37. The molecule has 2 N–H and O–H groups in total. The summed E-state index contributed by atoms with van der Waals surface area (Å²) in [4.78, 5) is 4.53. The summed E-state index contributed by atoms with van der Waals surface area (Å²) < 4.78 is 0. The number of hydrogen-bond acceptors (Lipinski definition) is 5. The largest absolute Gasteiger partial charge is 0.356 e. The molecule has 0 saturated heterocycles. The predicted molar refractivity (Wildman–Crippen MR) is 73.5 cm³/mol. The molecule has 0 bridgehead atoms. The molecule has 1 aliphatic rings. The molecule has 5 nitrogen and oxygen atoms in total. The smallest absolute Gasteiger partial charge is 0.151 e. The van der Waals surface area contributed by atoms with Gasteiger partial charge in [0.15, 0.2) is 5.82 Å². The first-order valence-corrected chi connectivity index (χ1v) is 6.49. The molecule has 1 aromatic heterocycles. The lowest BCUT2D eigenvalue weighted by Crippen LogP contribution is -2.56. The second kappa shape index (κ2) is 5.20. The van der Waals surface area contributed by atoms with Crippen LogP contribution in [-0.2, 0) is 6.54 Å². The van der Waals surface area contributed by atoms with Crippen LogP contribution in [0.5, 0.6) is 0 Å². The molecule has 1 heterocycles. The van der Waals surface area contributed by atoms with E-state index in [1.807, 2.05) is 12.1 Å². The van der Waals surface area contributed by atoms with Gasteiger partial charge in [-0.1, -0.05) is 0 Å². The van der Waals surface area contributed by atoms with E-state index in [4.69, 9.17) is 5.73 Å². The summed E-state index contributed by atoms with van der Waals surface area (Å²) >= 11 is 0. The van der Waals surface area contributed by atoms with Gasteiger partial charge >= 0.3 is 0 Å². The molecule has 0 atom stereocenters. The van der Waals surface area contributed by atoms with Gasteiger partial charge in [-0.25, -0.2) is 0 Å². The lowest BCUT2D eigenvalue weighted by molar-refractivity contribution is 0.0681. The summed E-state index contributed by atoms with van der Waals surface area (Å²) in [5, 5.41) is 8.34. The fourth-order valence-electron chi connectivity index (χ4n) is 2.52. The lowest BCUT2D eigenvalue weighted by atomic mass is 9.75. The third kappa shape index (κ3) is 2.47. The summed E-state index contributed by atoms with van der Waals surface area (Å²) in [6, 6.07) is 3.94.